The number of methoxy groups -OCH3 is 1. The molecule has 1 fully saturated rings. The van der Waals surface area contributed by atoms with E-state index in [1.54, 1.807) is 25.1 Å². The van der Waals surface area contributed by atoms with Gasteiger partial charge in [0.25, 0.3) is 0 Å². The summed E-state index contributed by atoms with van der Waals surface area (Å²) in [4.78, 5) is 30.3. The van der Waals surface area contributed by atoms with Crippen LogP contribution < -0.4 is 20.7 Å². The maximum absolute atomic E-state index is 13.1. The number of ether oxygens (including phenoxy) is 1. The average Bonchev–Trinajstić information content (AvgIpc) is 2.88. The predicted octanol–water partition coefficient (Wildman–Crippen LogP) is 4.82. The van der Waals surface area contributed by atoms with Gasteiger partial charge in [-0.15, -0.1) is 11.8 Å². The van der Waals surface area contributed by atoms with Crippen molar-refractivity contribution < 1.29 is 14.3 Å². The van der Waals surface area contributed by atoms with E-state index in [1.807, 2.05) is 24.3 Å². The van der Waals surface area contributed by atoms with Gasteiger partial charge in [-0.3, -0.25) is 14.6 Å². The van der Waals surface area contributed by atoms with E-state index in [0.29, 0.717) is 11.7 Å². The predicted molar refractivity (Wildman–Crippen MR) is 140 cm³/mol. The molecule has 2 heterocycles. The molecule has 0 radical (unpaired) electrons. The molecule has 1 saturated carbocycles. The smallest absolute Gasteiger partial charge is 0.234 e. The molecule has 3 aromatic rings. The Balaban J connectivity index is 1.16. The van der Waals surface area contributed by atoms with Crippen LogP contribution in [0.25, 0.3) is 10.9 Å². The summed E-state index contributed by atoms with van der Waals surface area (Å²) < 4.78 is 5.35. The van der Waals surface area contributed by atoms with Gasteiger partial charge >= 0.3 is 0 Å². The Labute approximate surface area is 209 Å². The van der Waals surface area contributed by atoms with Gasteiger partial charge in [-0.1, -0.05) is 12.5 Å². The number of hydrogen-bond donors (Lipinski definition) is 3. The van der Waals surface area contributed by atoms with Crippen LogP contribution in [-0.4, -0.2) is 36.2 Å². The number of benzene rings is 2. The van der Waals surface area contributed by atoms with Crippen molar-refractivity contribution in [1.82, 2.24) is 10.3 Å². The minimum atomic E-state index is 0.000329. The van der Waals surface area contributed by atoms with Crippen molar-refractivity contribution in [1.29, 1.82) is 0 Å². The molecule has 182 valence electrons. The summed E-state index contributed by atoms with van der Waals surface area (Å²) in [6.07, 6.45) is 5.70. The van der Waals surface area contributed by atoms with E-state index in [-0.39, 0.29) is 17.7 Å². The SMILES string of the molecule is COc1ccc2nccc(NC(=O)C3CCCC(CNCc4ccc5c(c4)NC(=O)CS5)C3)c2c1. The number of thioether (sulfide) groups is 1. The fourth-order valence-corrected chi connectivity index (χ4v) is 5.76. The zero-order valence-electron chi connectivity index (χ0n) is 19.8. The van der Waals surface area contributed by atoms with Crippen LogP contribution in [-0.2, 0) is 16.1 Å². The first kappa shape index (κ1) is 23.6. The summed E-state index contributed by atoms with van der Waals surface area (Å²) in [7, 11) is 1.63. The Bertz CT molecular complexity index is 1250. The van der Waals surface area contributed by atoms with Crippen LogP contribution in [0.3, 0.4) is 0 Å². The Kier molecular flexibility index (Phi) is 7.20. The molecule has 0 bridgehead atoms. The van der Waals surface area contributed by atoms with Crippen molar-refractivity contribution in [2.45, 2.75) is 37.1 Å². The number of nitrogens with zero attached hydrogens (tertiary/aromatic N) is 1. The molecule has 1 aliphatic heterocycles. The van der Waals surface area contributed by atoms with Crippen LogP contribution in [0.2, 0.25) is 0 Å². The first-order chi connectivity index (χ1) is 17.1. The zero-order chi connectivity index (χ0) is 24.2. The lowest BCUT2D eigenvalue weighted by atomic mass is 9.81. The Morgan fingerprint density at radius 1 is 1.20 bits per heavy atom. The molecule has 2 aromatic carbocycles. The highest BCUT2D eigenvalue weighted by atomic mass is 32.2. The largest absolute Gasteiger partial charge is 0.497 e. The fourth-order valence-electron chi connectivity index (χ4n) is 4.97. The minimum Gasteiger partial charge on any atom is -0.497 e. The summed E-state index contributed by atoms with van der Waals surface area (Å²) >= 11 is 1.58. The third kappa shape index (κ3) is 5.60. The number of amides is 2. The van der Waals surface area contributed by atoms with Crippen LogP contribution in [0.15, 0.2) is 53.6 Å². The molecule has 1 aliphatic carbocycles. The third-order valence-corrected chi connectivity index (χ3v) is 7.87. The first-order valence-electron chi connectivity index (χ1n) is 12.1. The molecule has 0 spiro atoms. The highest BCUT2D eigenvalue weighted by Crippen LogP contribution is 2.33. The molecular weight excluding hydrogens is 460 g/mol. The normalized spacial score (nSPS) is 19.6. The zero-order valence-corrected chi connectivity index (χ0v) is 20.6. The van der Waals surface area contributed by atoms with E-state index >= 15 is 0 Å². The van der Waals surface area contributed by atoms with E-state index in [9.17, 15) is 9.59 Å². The van der Waals surface area contributed by atoms with Crippen LogP contribution >= 0.6 is 11.8 Å². The maximum Gasteiger partial charge on any atom is 0.234 e. The van der Waals surface area contributed by atoms with Crippen LogP contribution in [0.4, 0.5) is 11.4 Å². The van der Waals surface area contributed by atoms with Crippen LogP contribution in [0, 0.1) is 11.8 Å². The molecular formula is C27H30N4O3S. The summed E-state index contributed by atoms with van der Waals surface area (Å²) in [6, 6.07) is 13.8. The van der Waals surface area contributed by atoms with Crippen molar-refractivity contribution in [3.05, 3.63) is 54.2 Å². The number of carbonyl (C=O) groups excluding carboxylic acids is 2. The molecule has 2 amide bonds. The van der Waals surface area contributed by atoms with Gasteiger partial charge in [-0.05, 0) is 73.7 Å². The second-order valence-electron chi connectivity index (χ2n) is 9.26. The van der Waals surface area contributed by atoms with E-state index in [1.165, 1.54) is 0 Å². The third-order valence-electron chi connectivity index (χ3n) is 6.80. The standard InChI is InChI=1S/C27H30N4O3S/c1-34-20-6-7-22-21(13-20)23(9-10-29-22)31-27(33)19-4-2-3-17(11-19)14-28-15-18-5-8-25-24(12-18)30-26(32)16-35-25/h5-10,12-13,17,19,28H,2-4,11,14-16H2,1H3,(H,30,32)(H,29,31,33). The van der Waals surface area contributed by atoms with E-state index < -0.39 is 0 Å². The summed E-state index contributed by atoms with van der Waals surface area (Å²) in [5.41, 5.74) is 3.66. The molecule has 8 heteroatoms. The van der Waals surface area contributed by atoms with Gasteiger partial charge in [0.05, 0.1) is 29.8 Å². The van der Waals surface area contributed by atoms with Crippen molar-refractivity contribution in [2.75, 3.05) is 30.0 Å². The number of hydrogen-bond acceptors (Lipinski definition) is 6. The summed E-state index contributed by atoms with van der Waals surface area (Å²) in [5.74, 6) is 1.81. The summed E-state index contributed by atoms with van der Waals surface area (Å²) in [6.45, 7) is 1.61. The van der Waals surface area contributed by atoms with Gasteiger partial charge in [0.2, 0.25) is 11.8 Å². The number of fused-ring (bicyclic) bond motifs is 2. The van der Waals surface area contributed by atoms with Gasteiger partial charge < -0.3 is 20.7 Å². The molecule has 2 unspecified atom stereocenters. The Morgan fingerprint density at radius 3 is 3.00 bits per heavy atom. The van der Waals surface area contributed by atoms with E-state index in [0.717, 1.165) is 77.3 Å². The van der Waals surface area contributed by atoms with E-state index in [2.05, 4.69) is 39.1 Å². The second-order valence-corrected chi connectivity index (χ2v) is 10.3. The number of rotatable bonds is 7. The number of pyridine rings is 1. The molecule has 5 rings (SSSR count). The number of aromatic nitrogens is 1. The molecule has 0 saturated heterocycles. The number of nitrogens with one attached hydrogen (secondary N) is 3. The molecule has 7 nitrogen and oxygen atoms in total. The lowest BCUT2D eigenvalue weighted by molar-refractivity contribution is -0.121. The van der Waals surface area contributed by atoms with E-state index in [4.69, 9.17) is 4.74 Å². The molecule has 1 aromatic heterocycles. The Hall–Kier alpha value is -3.10. The van der Waals surface area contributed by atoms with Crippen molar-refractivity contribution >= 4 is 45.9 Å². The van der Waals surface area contributed by atoms with Gasteiger partial charge in [-0.2, -0.15) is 0 Å². The molecule has 2 atom stereocenters. The van der Waals surface area contributed by atoms with Gasteiger partial charge in [-0.25, -0.2) is 0 Å². The highest BCUT2D eigenvalue weighted by Gasteiger charge is 2.27. The molecule has 3 N–H and O–H groups in total. The highest BCUT2D eigenvalue weighted by molar-refractivity contribution is 8.00. The van der Waals surface area contributed by atoms with Gasteiger partial charge in [0.1, 0.15) is 5.75 Å². The van der Waals surface area contributed by atoms with Gasteiger partial charge in [0, 0.05) is 28.9 Å². The van der Waals surface area contributed by atoms with Crippen molar-refractivity contribution in [3.8, 4) is 5.75 Å². The topological polar surface area (TPSA) is 92.3 Å². The molecule has 35 heavy (non-hydrogen) atoms. The number of anilines is 2. The monoisotopic (exact) mass is 490 g/mol. The molecule has 2 aliphatic rings. The van der Waals surface area contributed by atoms with Crippen molar-refractivity contribution in [3.63, 3.8) is 0 Å². The quantitative estimate of drug-likeness (QED) is 0.440. The average molecular weight is 491 g/mol. The maximum atomic E-state index is 13.1. The van der Waals surface area contributed by atoms with Crippen LogP contribution in [0.5, 0.6) is 5.75 Å². The first-order valence-corrected chi connectivity index (χ1v) is 13.1. The lowest BCUT2D eigenvalue weighted by Crippen LogP contribution is -2.32. The van der Waals surface area contributed by atoms with Crippen molar-refractivity contribution in [2.24, 2.45) is 11.8 Å². The van der Waals surface area contributed by atoms with Gasteiger partial charge in [0.15, 0.2) is 0 Å². The number of carbonyl (C=O) groups is 2. The summed E-state index contributed by atoms with van der Waals surface area (Å²) in [5, 5.41) is 10.5. The fraction of sp³-hybridized carbons (Fsp3) is 0.370. The van der Waals surface area contributed by atoms with Crippen LogP contribution in [0.1, 0.15) is 31.2 Å². The second kappa shape index (κ2) is 10.7. The Morgan fingerprint density at radius 2 is 2.11 bits per heavy atom. The lowest BCUT2D eigenvalue weighted by Gasteiger charge is -2.29. The minimum absolute atomic E-state index is 0.000329.